The van der Waals surface area contributed by atoms with Gasteiger partial charge >= 0.3 is 5.97 Å². The molecule has 0 spiro atoms. The maximum Gasteiger partial charge on any atom is 0.332 e. The van der Waals surface area contributed by atoms with Crippen molar-refractivity contribution < 1.29 is 14.3 Å². The number of carbonyl (C=O) groups excluding carboxylic acids is 2. The van der Waals surface area contributed by atoms with Gasteiger partial charge in [0.2, 0.25) is 0 Å². The maximum atomic E-state index is 12.1. The van der Waals surface area contributed by atoms with E-state index in [0.717, 1.165) is 11.1 Å². The lowest BCUT2D eigenvalue weighted by atomic mass is 10.0. The first kappa shape index (κ1) is 12.4. The molecule has 1 N–H and O–H groups in total. The minimum absolute atomic E-state index is 0.253. The summed E-state index contributed by atoms with van der Waals surface area (Å²) in [4.78, 5) is 23.1. The van der Waals surface area contributed by atoms with Gasteiger partial charge in [-0.1, -0.05) is 42.5 Å². The zero-order valence-corrected chi connectivity index (χ0v) is 10.7. The summed E-state index contributed by atoms with van der Waals surface area (Å²) in [5.41, 5.74) is 2.55. The Kier molecular flexibility index (Phi) is 3.21. The lowest BCUT2D eigenvalue weighted by Crippen LogP contribution is -2.52. The van der Waals surface area contributed by atoms with E-state index in [4.69, 9.17) is 0 Å². The highest BCUT2D eigenvalue weighted by molar-refractivity contribution is 5.98. The number of hydrogen-bond donors (Lipinski definition) is 1. The summed E-state index contributed by atoms with van der Waals surface area (Å²) < 4.78 is 4.62. The van der Waals surface area contributed by atoms with E-state index in [9.17, 15) is 9.59 Å². The second-order valence-corrected chi connectivity index (χ2v) is 4.60. The third-order valence-electron chi connectivity index (χ3n) is 3.21. The fraction of sp³-hybridized carbons (Fsp3) is 0.125. The van der Waals surface area contributed by atoms with Gasteiger partial charge in [0.25, 0.3) is 5.91 Å². The van der Waals surface area contributed by atoms with Crippen molar-refractivity contribution in [1.82, 2.24) is 5.32 Å². The van der Waals surface area contributed by atoms with Crippen LogP contribution >= 0.6 is 0 Å². The Labute approximate surface area is 116 Å². The Morgan fingerprint density at radius 2 is 1.80 bits per heavy atom. The van der Waals surface area contributed by atoms with E-state index in [1.807, 2.05) is 48.5 Å². The molecule has 1 heterocycles. The fourth-order valence-corrected chi connectivity index (χ4v) is 2.05. The number of cyclic esters (lactones) is 1. The van der Waals surface area contributed by atoms with E-state index >= 15 is 0 Å². The molecule has 100 valence electrons. The number of benzene rings is 2. The second-order valence-electron chi connectivity index (χ2n) is 4.60. The van der Waals surface area contributed by atoms with Crippen LogP contribution in [0.2, 0.25) is 0 Å². The summed E-state index contributed by atoms with van der Waals surface area (Å²) >= 11 is 0. The van der Waals surface area contributed by atoms with Crippen molar-refractivity contribution >= 4 is 11.9 Å². The van der Waals surface area contributed by atoms with Gasteiger partial charge in [0.05, 0.1) is 0 Å². The third kappa shape index (κ3) is 2.40. The van der Waals surface area contributed by atoms with Crippen LogP contribution in [0.5, 0.6) is 0 Å². The van der Waals surface area contributed by atoms with E-state index in [1.54, 1.807) is 6.07 Å². The van der Waals surface area contributed by atoms with E-state index in [-0.39, 0.29) is 18.5 Å². The molecule has 1 atom stereocenters. The predicted octanol–water partition coefficient (Wildman–Crippen LogP) is 2.01. The number of amides is 1. The van der Waals surface area contributed by atoms with Crippen LogP contribution in [0.1, 0.15) is 10.4 Å². The van der Waals surface area contributed by atoms with Crippen LogP contribution in [0.15, 0.2) is 54.6 Å². The van der Waals surface area contributed by atoms with Gasteiger partial charge in [0.15, 0.2) is 6.04 Å². The van der Waals surface area contributed by atoms with Crippen molar-refractivity contribution in [2.45, 2.75) is 6.04 Å². The molecule has 0 aromatic heterocycles. The zero-order valence-electron chi connectivity index (χ0n) is 10.7. The number of nitrogens with one attached hydrogen (secondary N) is 1. The van der Waals surface area contributed by atoms with Crippen molar-refractivity contribution in [2.75, 3.05) is 6.61 Å². The van der Waals surface area contributed by atoms with Crippen molar-refractivity contribution in [2.24, 2.45) is 0 Å². The summed E-state index contributed by atoms with van der Waals surface area (Å²) in [6.07, 6.45) is 0. The number of esters is 1. The number of carbonyl (C=O) groups is 2. The molecule has 1 amide bonds. The SMILES string of the molecule is O=C(N[C@H]1COC1=O)c1cccc(-c2ccccc2)c1. The van der Waals surface area contributed by atoms with Crippen LogP contribution in [-0.2, 0) is 9.53 Å². The maximum absolute atomic E-state index is 12.1. The quantitative estimate of drug-likeness (QED) is 0.865. The van der Waals surface area contributed by atoms with Gasteiger partial charge < -0.3 is 10.1 Å². The van der Waals surface area contributed by atoms with Gasteiger partial charge in [0.1, 0.15) is 6.61 Å². The Bertz CT molecular complexity index is 652. The van der Waals surface area contributed by atoms with Crippen LogP contribution in [0.3, 0.4) is 0 Å². The van der Waals surface area contributed by atoms with Crippen LogP contribution in [0, 0.1) is 0 Å². The zero-order chi connectivity index (χ0) is 13.9. The molecule has 0 aliphatic carbocycles. The summed E-state index contributed by atoms with van der Waals surface area (Å²) in [6, 6.07) is 16.6. The molecule has 0 saturated carbocycles. The smallest absolute Gasteiger partial charge is 0.332 e. The van der Waals surface area contributed by atoms with Gasteiger partial charge in [-0.3, -0.25) is 4.79 Å². The molecule has 1 fully saturated rings. The summed E-state index contributed by atoms with van der Waals surface area (Å²) in [6.45, 7) is 0.253. The Hall–Kier alpha value is -2.62. The highest BCUT2D eigenvalue weighted by atomic mass is 16.6. The molecular weight excluding hydrogens is 254 g/mol. The minimum atomic E-state index is -0.511. The van der Waals surface area contributed by atoms with Crippen LogP contribution in [-0.4, -0.2) is 24.5 Å². The highest BCUT2D eigenvalue weighted by Gasteiger charge is 2.32. The molecular formula is C16H13NO3. The van der Waals surface area contributed by atoms with Crippen molar-refractivity contribution in [1.29, 1.82) is 0 Å². The largest absolute Gasteiger partial charge is 0.461 e. The normalized spacial score (nSPS) is 17.0. The average molecular weight is 267 g/mol. The van der Waals surface area contributed by atoms with Crippen molar-refractivity contribution in [3.8, 4) is 11.1 Å². The predicted molar refractivity (Wildman–Crippen MR) is 74.1 cm³/mol. The molecule has 0 unspecified atom stereocenters. The van der Waals surface area contributed by atoms with Crippen LogP contribution in [0.25, 0.3) is 11.1 Å². The van der Waals surface area contributed by atoms with Gasteiger partial charge in [-0.2, -0.15) is 0 Å². The lowest BCUT2D eigenvalue weighted by molar-refractivity contribution is -0.162. The van der Waals surface area contributed by atoms with Crippen molar-refractivity contribution in [3.05, 3.63) is 60.2 Å². The van der Waals surface area contributed by atoms with E-state index < -0.39 is 6.04 Å². The molecule has 2 aromatic carbocycles. The molecule has 2 aromatic rings. The van der Waals surface area contributed by atoms with Gasteiger partial charge in [-0.15, -0.1) is 0 Å². The van der Waals surface area contributed by atoms with Gasteiger partial charge in [0, 0.05) is 5.56 Å². The van der Waals surface area contributed by atoms with E-state index in [2.05, 4.69) is 10.1 Å². The molecule has 0 bridgehead atoms. The molecule has 20 heavy (non-hydrogen) atoms. The van der Waals surface area contributed by atoms with Crippen LogP contribution in [0.4, 0.5) is 0 Å². The van der Waals surface area contributed by atoms with E-state index in [1.165, 1.54) is 0 Å². The van der Waals surface area contributed by atoms with Gasteiger partial charge in [-0.05, 0) is 23.3 Å². The number of hydrogen-bond acceptors (Lipinski definition) is 3. The number of rotatable bonds is 3. The molecule has 4 nitrogen and oxygen atoms in total. The standard InChI is InChI=1S/C16H13NO3/c18-15(17-14-10-20-16(14)19)13-8-4-7-12(9-13)11-5-2-1-3-6-11/h1-9,14H,10H2,(H,17,18)/t14-/m0/s1. The Morgan fingerprint density at radius 1 is 1.05 bits per heavy atom. The van der Waals surface area contributed by atoms with Gasteiger partial charge in [-0.25, -0.2) is 4.79 Å². The molecule has 4 heteroatoms. The first-order chi connectivity index (χ1) is 9.74. The topological polar surface area (TPSA) is 55.4 Å². The minimum Gasteiger partial charge on any atom is -0.461 e. The summed E-state index contributed by atoms with van der Waals surface area (Å²) in [5, 5.41) is 2.65. The first-order valence-corrected chi connectivity index (χ1v) is 6.37. The van der Waals surface area contributed by atoms with Crippen LogP contribution < -0.4 is 5.32 Å². The Balaban J connectivity index is 1.80. The third-order valence-corrected chi connectivity index (χ3v) is 3.21. The summed E-state index contributed by atoms with van der Waals surface area (Å²) in [5.74, 6) is -0.637. The second kappa shape index (κ2) is 5.17. The fourth-order valence-electron chi connectivity index (χ4n) is 2.05. The van der Waals surface area contributed by atoms with Crippen molar-refractivity contribution in [3.63, 3.8) is 0 Å². The molecule has 0 radical (unpaired) electrons. The molecule has 1 aliphatic rings. The molecule has 3 rings (SSSR count). The lowest BCUT2D eigenvalue weighted by Gasteiger charge is -2.25. The monoisotopic (exact) mass is 267 g/mol. The highest BCUT2D eigenvalue weighted by Crippen LogP contribution is 2.20. The molecule has 1 aliphatic heterocycles. The average Bonchev–Trinajstić information content (AvgIpc) is 2.52. The first-order valence-electron chi connectivity index (χ1n) is 6.37. The Morgan fingerprint density at radius 3 is 2.45 bits per heavy atom. The number of ether oxygens (including phenoxy) is 1. The molecule has 1 saturated heterocycles. The van der Waals surface area contributed by atoms with E-state index in [0.29, 0.717) is 5.56 Å². The summed E-state index contributed by atoms with van der Waals surface area (Å²) in [7, 11) is 0.